The molecule has 84 valence electrons. The van der Waals surface area contributed by atoms with Gasteiger partial charge in [0.2, 0.25) is 5.91 Å². The Morgan fingerprint density at radius 3 is 2.87 bits per heavy atom. The first-order chi connectivity index (χ1) is 6.92. The van der Waals surface area contributed by atoms with Crippen molar-refractivity contribution in [1.82, 2.24) is 4.98 Å². The zero-order valence-corrected chi connectivity index (χ0v) is 10.5. The Kier molecular flexibility index (Phi) is 4.12. The summed E-state index contributed by atoms with van der Waals surface area (Å²) in [6.07, 6.45) is 0.561. The summed E-state index contributed by atoms with van der Waals surface area (Å²) in [6.45, 7) is 3.61. The number of carbonyl (C=O) groups is 1. The number of nitrogens with zero attached hydrogens (tertiary/aromatic N) is 1. The zero-order valence-electron chi connectivity index (χ0n) is 8.82. The molecule has 1 rings (SSSR count). The second-order valence-electron chi connectivity index (χ2n) is 3.63. The van der Waals surface area contributed by atoms with Crippen LogP contribution in [0.3, 0.4) is 0 Å². The topological polar surface area (TPSA) is 82.0 Å². The minimum absolute atomic E-state index is 0.460. The fourth-order valence-corrected chi connectivity index (χ4v) is 2.97. The maximum atomic E-state index is 10.9. The van der Waals surface area contributed by atoms with Gasteiger partial charge in [-0.05, 0) is 20.3 Å². The molecule has 0 bridgehead atoms. The van der Waals surface area contributed by atoms with Gasteiger partial charge in [-0.3, -0.25) is 4.79 Å². The van der Waals surface area contributed by atoms with Crippen molar-refractivity contribution < 1.29 is 4.79 Å². The van der Waals surface area contributed by atoms with E-state index in [-0.39, 0.29) is 0 Å². The molecule has 0 aliphatic carbocycles. The summed E-state index contributed by atoms with van der Waals surface area (Å²) in [7, 11) is 0. The first-order valence-corrected chi connectivity index (χ1v) is 6.42. The lowest BCUT2D eigenvalue weighted by Crippen LogP contribution is -2.49. The van der Waals surface area contributed by atoms with E-state index in [4.69, 9.17) is 11.5 Å². The molecule has 4 nitrogen and oxygen atoms in total. The van der Waals surface area contributed by atoms with Crippen LogP contribution in [-0.2, 0) is 4.79 Å². The maximum absolute atomic E-state index is 10.9. The lowest BCUT2D eigenvalue weighted by Gasteiger charge is -2.19. The molecule has 6 heteroatoms. The number of rotatable bonds is 5. The first-order valence-electron chi connectivity index (χ1n) is 4.55. The number of amides is 1. The van der Waals surface area contributed by atoms with Gasteiger partial charge in [-0.2, -0.15) is 0 Å². The van der Waals surface area contributed by atoms with Crippen molar-refractivity contribution in [1.29, 1.82) is 0 Å². The molecule has 0 aromatic carbocycles. The summed E-state index contributed by atoms with van der Waals surface area (Å²) in [5.41, 5.74) is 11.0. The predicted octanol–water partition coefficient (Wildman–Crippen LogP) is 1.14. The van der Waals surface area contributed by atoms with Gasteiger partial charge >= 0.3 is 0 Å². The van der Waals surface area contributed by atoms with Crippen LogP contribution < -0.4 is 11.5 Å². The van der Waals surface area contributed by atoms with Gasteiger partial charge in [0, 0.05) is 16.8 Å². The molecule has 1 amide bonds. The number of carbonyl (C=O) groups excluding carboxylic acids is 1. The molecule has 1 unspecified atom stereocenters. The molecule has 1 heterocycles. The summed E-state index contributed by atoms with van der Waals surface area (Å²) in [5, 5.41) is 2.00. The van der Waals surface area contributed by atoms with Crippen LogP contribution in [0.5, 0.6) is 0 Å². The molecule has 1 atom stereocenters. The first kappa shape index (κ1) is 12.5. The van der Waals surface area contributed by atoms with Gasteiger partial charge in [0.1, 0.15) is 4.34 Å². The lowest BCUT2D eigenvalue weighted by molar-refractivity contribution is -0.122. The Morgan fingerprint density at radius 1 is 1.73 bits per heavy atom. The quantitative estimate of drug-likeness (QED) is 0.762. The van der Waals surface area contributed by atoms with E-state index in [9.17, 15) is 4.79 Å². The van der Waals surface area contributed by atoms with E-state index in [2.05, 4.69) is 4.98 Å². The smallest absolute Gasteiger partial charge is 0.237 e. The average Bonchev–Trinajstić information content (AvgIpc) is 2.51. The summed E-state index contributed by atoms with van der Waals surface area (Å²) in [5.74, 6) is 0.293. The van der Waals surface area contributed by atoms with Gasteiger partial charge in [0.25, 0.3) is 0 Å². The third-order valence-electron chi connectivity index (χ3n) is 2.01. The number of hydrogen-bond acceptors (Lipinski definition) is 5. The highest BCUT2D eigenvalue weighted by Gasteiger charge is 2.24. The van der Waals surface area contributed by atoms with Gasteiger partial charge in [0.05, 0.1) is 5.54 Å². The van der Waals surface area contributed by atoms with Crippen molar-refractivity contribution in [3.63, 3.8) is 0 Å². The molecule has 0 fully saturated rings. The van der Waals surface area contributed by atoms with E-state index in [0.29, 0.717) is 6.42 Å². The van der Waals surface area contributed by atoms with Crippen LogP contribution in [0, 0.1) is 6.92 Å². The van der Waals surface area contributed by atoms with Crippen LogP contribution in [0.25, 0.3) is 0 Å². The van der Waals surface area contributed by atoms with Crippen molar-refractivity contribution >= 4 is 29.0 Å². The second kappa shape index (κ2) is 4.96. The molecule has 15 heavy (non-hydrogen) atoms. The highest BCUT2D eigenvalue weighted by Crippen LogP contribution is 2.24. The van der Waals surface area contributed by atoms with E-state index in [0.717, 1.165) is 15.8 Å². The molecule has 0 aliphatic rings. The number of hydrogen-bond donors (Lipinski definition) is 2. The van der Waals surface area contributed by atoms with E-state index >= 15 is 0 Å². The van der Waals surface area contributed by atoms with Crippen molar-refractivity contribution in [2.24, 2.45) is 11.5 Å². The fourth-order valence-electron chi connectivity index (χ4n) is 0.872. The molecular formula is C9H15N3OS2. The minimum atomic E-state index is -0.917. The Balaban J connectivity index is 2.36. The van der Waals surface area contributed by atoms with E-state index < -0.39 is 11.4 Å². The van der Waals surface area contributed by atoms with E-state index in [1.54, 1.807) is 30.0 Å². The zero-order chi connectivity index (χ0) is 11.5. The molecular weight excluding hydrogens is 230 g/mol. The Morgan fingerprint density at radius 2 is 2.40 bits per heavy atom. The van der Waals surface area contributed by atoms with E-state index in [1.165, 1.54) is 0 Å². The lowest BCUT2D eigenvalue weighted by atomic mass is 10.0. The van der Waals surface area contributed by atoms with Crippen LogP contribution in [-0.4, -0.2) is 22.2 Å². The van der Waals surface area contributed by atoms with Gasteiger partial charge < -0.3 is 11.5 Å². The number of aromatic nitrogens is 1. The van der Waals surface area contributed by atoms with Gasteiger partial charge in [-0.25, -0.2) is 4.98 Å². The minimum Gasteiger partial charge on any atom is -0.368 e. The Labute approximate surface area is 97.4 Å². The average molecular weight is 245 g/mol. The van der Waals surface area contributed by atoms with Crippen molar-refractivity contribution in [2.45, 2.75) is 30.1 Å². The van der Waals surface area contributed by atoms with Gasteiger partial charge in [-0.1, -0.05) is 11.8 Å². The molecule has 1 aromatic rings. The molecule has 0 saturated heterocycles. The number of nitrogens with two attached hydrogens (primary N) is 2. The number of primary amides is 1. The Bertz CT molecular complexity index is 349. The standard InChI is InChI=1S/C9H15N3OS2/c1-6-5-15-8(12-6)14-4-3-9(2,11)7(10)13/h5H,3-4,11H2,1-2H3,(H2,10,13). The predicted molar refractivity (Wildman–Crippen MR) is 64.0 cm³/mol. The summed E-state index contributed by atoms with van der Waals surface area (Å²) in [4.78, 5) is 15.2. The summed E-state index contributed by atoms with van der Waals surface area (Å²) < 4.78 is 1.01. The molecule has 4 N–H and O–H groups in total. The number of thioether (sulfide) groups is 1. The summed E-state index contributed by atoms with van der Waals surface area (Å²) >= 11 is 3.21. The second-order valence-corrected chi connectivity index (χ2v) is 5.84. The van der Waals surface area contributed by atoms with Crippen molar-refractivity contribution in [2.75, 3.05) is 5.75 Å². The third-order valence-corrected chi connectivity index (χ3v) is 4.15. The van der Waals surface area contributed by atoms with E-state index in [1.807, 2.05) is 12.3 Å². The molecule has 0 aliphatic heterocycles. The summed E-state index contributed by atoms with van der Waals surface area (Å²) in [6, 6.07) is 0. The molecule has 0 radical (unpaired) electrons. The maximum Gasteiger partial charge on any atom is 0.237 e. The highest BCUT2D eigenvalue weighted by atomic mass is 32.2. The SMILES string of the molecule is Cc1csc(SCCC(C)(N)C(N)=O)n1. The molecule has 0 saturated carbocycles. The highest BCUT2D eigenvalue weighted by molar-refractivity contribution is 8.01. The molecule has 0 spiro atoms. The monoisotopic (exact) mass is 245 g/mol. The van der Waals surface area contributed by atoms with Crippen LogP contribution in [0.2, 0.25) is 0 Å². The van der Waals surface area contributed by atoms with Crippen LogP contribution in [0.1, 0.15) is 19.0 Å². The number of thiazole rings is 1. The Hall–Kier alpha value is -0.590. The third kappa shape index (κ3) is 3.81. The van der Waals surface area contributed by atoms with Gasteiger partial charge in [0.15, 0.2) is 0 Å². The van der Waals surface area contributed by atoms with Crippen molar-refractivity contribution in [3.05, 3.63) is 11.1 Å². The van der Waals surface area contributed by atoms with Gasteiger partial charge in [-0.15, -0.1) is 11.3 Å². The van der Waals surface area contributed by atoms with Crippen molar-refractivity contribution in [3.8, 4) is 0 Å². The van der Waals surface area contributed by atoms with Crippen LogP contribution >= 0.6 is 23.1 Å². The van der Waals surface area contributed by atoms with Crippen LogP contribution in [0.4, 0.5) is 0 Å². The normalized spacial score (nSPS) is 14.9. The number of aryl methyl sites for hydroxylation is 1. The largest absolute Gasteiger partial charge is 0.368 e. The van der Waals surface area contributed by atoms with Crippen LogP contribution in [0.15, 0.2) is 9.72 Å². The fraction of sp³-hybridized carbons (Fsp3) is 0.556. The molecule has 1 aromatic heterocycles.